The molecule has 180 valence electrons. The molecule has 2 fully saturated rings. The lowest BCUT2D eigenvalue weighted by molar-refractivity contribution is 0.0722. The van der Waals surface area contributed by atoms with Crippen molar-refractivity contribution >= 4 is 23.4 Å². The van der Waals surface area contributed by atoms with E-state index in [1.807, 2.05) is 19.1 Å². The van der Waals surface area contributed by atoms with E-state index in [9.17, 15) is 9.90 Å². The molecule has 1 amide bonds. The SMILES string of the molecule is C1CCC1.Cc1ccc(NC(=O)O)c(OCC(O)CN2CCC(Oc3ccc(Cl)cc3)C2)c1. The van der Waals surface area contributed by atoms with Crippen molar-refractivity contribution in [1.29, 1.82) is 0 Å². The predicted molar refractivity (Wildman–Crippen MR) is 130 cm³/mol. The fraction of sp³-hybridized carbons (Fsp3) is 0.480. The van der Waals surface area contributed by atoms with E-state index in [-0.39, 0.29) is 12.7 Å². The summed E-state index contributed by atoms with van der Waals surface area (Å²) in [6.07, 6.45) is 5.07. The van der Waals surface area contributed by atoms with Crippen molar-refractivity contribution in [2.24, 2.45) is 0 Å². The molecule has 1 aliphatic carbocycles. The number of halogens is 1. The monoisotopic (exact) mass is 476 g/mol. The van der Waals surface area contributed by atoms with Gasteiger partial charge in [-0.2, -0.15) is 0 Å². The van der Waals surface area contributed by atoms with Crippen molar-refractivity contribution in [3.63, 3.8) is 0 Å². The van der Waals surface area contributed by atoms with Crippen molar-refractivity contribution in [1.82, 2.24) is 4.90 Å². The van der Waals surface area contributed by atoms with E-state index >= 15 is 0 Å². The Morgan fingerprint density at radius 2 is 1.88 bits per heavy atom. The van der Waals surface area contributed by atoms with Gasteiger partial charge in [0.05, 0.1) is 5.69 Å². The van der Waals surface area contributed by atoms with Crippen LogP contribution in [0.5, 0.6) is 11.5 Å². The Bertz CT molecular complexity index is 885. The maximum Gasteiger partial charge on any atom is 0.409 e. The molecule has 3 N–H and O–H groups in total. The van der Waals surface area contributed by atoms with Gasteiger partial charge in [-0.15, -0.1) is 0 Å². The molecule has 1 saturated carbocycles. The lowest BCUT2D eigenvalue weighted by atomic mass is 10.0. The lowest BCUT2D eigenvalue weighted by Crippen LogP contribution is -2.35. The van der Waals surface area contributed by atoms with Crippen LogP contribution in [-0.4, -0.2) is 59.7 Å². The van der Waals surface area contributed by atoms with E-state index < -0.39 is 12.2 Å². The van der Waals surface area contributed by atoms with E-state index in [1.54, 1.807) is 30.3 Å². The van der Waals surface area contributed by atoms with E-state index in [0.29, 0.717) is 23.0 Å². The van der Waals surface area contributed by atoms with Gasteiger partial charge in [0.15, 0.2) is 0 Å². The minimum atomic E-state index is -1.16. The number of hydrogen-bond donors (Lipinski definition) is 3. The highest BCUT2D eigenvalue weighted by atomic mass is 35.5. The van der Waals surface area contributed by atoms with E-state index in [1.165, 1.54) is 25.7 Å². The Morgan fingerprint density at radius 3 is 2.52 bits per heavy atom. The van der Waals surface area contributed by atoms with Crippen molar-refractivity contribution in [2.45, 2.75) is 51.2 Å². The number of anilines is 1. The minimum Gasteiger partial charge on any atom is -0.489 e. The maximum atomic E-state index is 10.9. The topological polar surface area (TPSA) is 91.3 Å². The van der Waals surface area contributed by atoms with Crippen LogP contribution in [0.2, 0.25) is 5.02 Å². The molecule has 0 radical (unpaired) electrons. The Kier molecular flexibility index (Phi) is 9.66. The first-order chi connectivity index (χ1) is 15.9. The second-order valence-corrected chi connectivity index (χ2v) is 8.99. The Balaban J connectivity index is 0.000000690. The third kappa shape index (κ3) is 8.76. The van der Waals surface area contributed by atoms with Gasteiger partial charge >= 0.3 is 6.09 Å². The highest BCUT2D eigenvalue weighted by Gasteiger charge is 2.26. The summed E-state index contributed by atoms with van der Waals surface area (Å²) in [6, 6.07) is 12.5. The van der Waals surface area contributed by atoms with E-state index in [0.717, 1.165) is 30.8 Å². The van der Waals surface area contributed by atoms with Gasteiger partial charge in [-0.25, -0.2) is 4.79 Å². The quantitative estimate of drug-likeness (QED) is 0.485. The van der Waals surface area contributed by atoms with Gasteiger partial charge in [0.2, 0.25) is 0 Å². The normalized spacial score (nSPS) is 18.5. The standard InChI is InChI=1S/C21H25ClN2O5.C4H8/c1-14-2-7-19(23-21(26)27)20(10-14)28-13-16(25)11-24-9-8-18(12-24)29-17-5-3-15(22)4-6-17;1-2-4-3-1/h2-7,10,16,18,23,25H,8-9,11-13H2,1H3,(H,26,27);1-4H2. The molecular formula is C25H33ClN2O5. The molecule has 4 rings (SSSR count). The molecule has 2 aliphatic rings. The lowest BCUT2D eigenvalue weighted by Gasteiger charge is -2.21. The maximum absolute atomic E-state index is 10.9. The van der Waals surface area contributed by atoms with Crippen LogP contribution in [0, 0.1) is 6.92 Å². The first-order valence-corrected chi connectivity index (χ1v) is 11.8. The fourth-order valence-corrected chi connectivity index (χ4v) is 3.64. The van der Waals surface area contributed by atoms with Gasteiger partial charge in [-0.05, 0) is 55.3 Å². The molecule has 2 aromatic rings. The number of benzene rings is 2. The summed E-state index contributed by atoms with van der Waals surface area (Å²) in [6.45, 7) is 3.95. The van der Waals surface area contributed by atoms with Crippen LogP contribution in [0.25, 0.3) is 0 Å². The van der Waals surface area contributed by atoms with Crippen molar-refractivity contribution in [2.75, 3.05) is 31.6 Å². The number of aliphatic hydroxyl groups is 1. The number of carbonyl (C=O) groups is 1. The number of aliphatic hydroxyl groups excluding tert-OH is 1. The van der Waals surface area contributed by atoms with Gasteiger partial charge in [-0.1, -0.05) is 43.4 Å². The number of hydrogen-bond acceptors (Lipinski definition) is 5. The smallest absolute Gasteiger partial charge is 0.409 e. The summed E-state index contributed by atoms with van der Waals surface area (Å²) >= 11 is 5.89. The van der Waals surface area contributed by atoms with Crippen LogP contribution in [-0.2, 0) is 0 Å². The van der Waals surface area contributed by atoms with Crippen LogP contribution in [0.1, 0.15) is 37.7 Å². The molecule has 1 aliphatic heterocycles. The van der Waals surface area contributed by atoms with Gasteiger partial charge in [0.25, 0.3) is 0 Å². The van der Waals surface area contributed by atoms with Crippen LogP contribution in [0.15, 0.2) is 42.5 Å². The average molecular weight is 477 g/mol. The zero-order valence-electron chi connectivity index (χ0n) is 19.0. The molecule has 2 aromatic carbocycles. The number of carboxylic acid groups (broad SMARTS) is 1. The molecule has 0 aromatic heterocycles. The first-order valence-electron chi connectivity index (χ1n) is 11.4. The van der Waals surface area contributed by atoms with Crippen LogP contribution >= 0.6 is 11.6 Å². The molecule has 2 atom stereocenters. The number of nitrogens with one attached hydrogen (secondary N) is 1. The number of β-amino-alcohol motifs (C(OH)–C–C–N with tert-alkyl or cyclic N) is 1. The molecule has 1 heterocycles. The summed E-state index contributed by atoms with van der Waals surface area (Å²) < 4.78 is 11.6. The molecule has 2 unspecified atom stereocenters. The zero-order chi connectivity index (χ0) is 23.6. The van der Waals surface area contributed by atoms with Gasteiger partial charge in [0, 0.05) is 24.7 Å². The number of nitrogens with zero attached hydrogens (tertiary/aromatic N) is 1. The molecular weight excluding hydrogens is 444 g/mol. The zero-order valence-corrected chi connectivity index (χ0v) is 19.8. The van der Waals surface area contributed by atoms with Crippen LogP contribution < -0.4 is 14.8 Å². The van der Waals surface area contributed by atoms with Crippen molar-refractivity contribution in [3.05, 3.63) is 53.1 Å². The van der Waals surface area contributed by atoms with E-state index in [2.05, 4.69) is 10.2 Å². The summed E-state index contributed by atoms with van der Waals surface area (Å²) in [5, 5.41) is 22.3. The Labute approximate surface area is 200 Å². The number of rotatable bonds is 8. The number of amides is 1. The molecule has 0 bridgehead atoms. The molecule has 33 heavy (non-hydrogen) atoms. The minimum absolute atomic E-state index is 0.0624. The van der Waals surface area contributed by atoms with Gasteiger partial charge in [0.1, 0.15) is 30.3 Å². The Morgan fingerprint density at radius 1 is 1.18 bits per heavy atom. The van der Waals surface area contributed by atoms with Crippen LogP contribution in [0.3, 0.4) is 0 Å². The third-order valence-corrected chi connectivity index (χ3v) is 5.88. The van der Waals surface area contributed by atoms with Crippen molar-refractivity contribution < 1.29 is 24.5 Å². The van der Waals surface area contributed by atoms with Gasteiger partial charge in [-0.3, -0.25) is 10.2 Å². The molecule has 1 saturated heterocycles. The van der Waals surface area contributed by atoms with Crippen molar-refractivity contribution in [3.8, 4) is 11.5 Å². The highest BCUT2D eigenvalue weighted by molar-refractivity contribution is 6.30. The summed E-state index contributed by atoms with van der Waals surface area (Å²) in [5.41, 5.74) is 1.29. The van der Waals surface area contributed by atoms with Crippen LogP contribution in [0.4, 0.5) is 10.5 Å². The first kappa shape index (κ1) is 25.1. The third-order valence-electron chi connectivity index (χ3n) is 5.62. The number of aryl methyl sites for hydroxylation is 1. The second kappa shape index (κ2) is 12.7. The van der Waals surface area contributed by atoms with Gasteiger partial charge < -0.3 is 19.7 Å². The number of likely N-dealkylation sites (tertiary alicyclic amines) is 1. The summed E-state index contributed by atoms with van der Waals surface area (Å²) in [5.74, 6) is 1.18. The summed E-state index contributed by atoms with van der Waals surface area (Å²) in [7, 11) is 0. The van der Waals surface area contributed by atoms with E-state index in [4.69, 9.17) is 26.2 Å². The average Bonchev–Trinajstić information content (AvgIpc) is 3.15. The summed E-state index contributed by atoms with van der Waals surface area (Å²) in [4.78, 5) is 13.0. The second-order valence-electron chi connectivity index (χ2n) is 8.55. The highest BCUT2D eigenvalue weighted by Crippen LogP contribution is 2.26. The predicted octanol–water partition coefficient (Wildman–Crippen LogP) is 5.19. The Hall–Kier alpha value is -2.48. The molecule has 7 nitrogen and oxygen atoms in total. The molecule has 8 heteroatoms. The molecule has 0 spiro atoms. The fourth-order valence-electron chi connectivity index (χ4n) is 3.52. The number of ether oxygens (including phenoxy) is 2. The largest absolute Gasteiger partial charge is 0.489 e.